The van der Waals surface area contributed by atoms with Crippen molar-refractivity contribution >= 4 is 35.1 Å². The second-order valence-corrected chi connectivity index (χ2v) is 20.8. The number of hydrogen-bond acceptors (Lipinski definition) is 14. The van der Waals surface area contributed by atoms with Crippen LogP contribution in [-0.4, -0.2) is 70.0 Å². The Hall–Kier alpha value is -9.27. The average Bonchev–Trinajstić information content (AvgIpc) is 2.54. The van der Waals surface area contributed by atoms with Gasteiger partial charge in [0.2, 0.25) is 0 Å². The highest BCUT2D eigenvalue weighted by molar-refractivity contribution is 6.30. The van der Waals surface area contributed by atoms with Crippen molar-refractivity contribution < 1.29 is 66.5 Å². The van der Waals surface area contributed by atoms with Gasteiger partial charge >= 0.3 is 11.9 Å². The lowest BCUT2D eigenvalue weighted by Gasteiger charge is -2.18. The lowest BCUT2D eigenvalue weighted by molar-refractivity contribution is 0.0588. The smallest absolute Gasteiger partial charge is 0.341 e. The van der Waals surface area contributed by atoms with Crippen LogP contribution in [0.1, 0.15) is 135 Å². The summed E-state index contributed by atoms with van der Waals surface area (Å²) in [5.74, 6) is 4.60. The average molecular weight is 1230 g/mol. The molecule has 0 radical (unpaired) electrons. The van der Waals surface area contributed by atoms with Crippen LogP contribution < -0.4 is 37.9 Å². The van der Waals surface area contributed by atoms with Crippen molar-refractivity contribution in [1.29, 1.82) is 0 Å². The molecule has 89 heavy (non-hydrogen) atoms. The van der Waals surface area contributed by atoms with Gasteiger partial charge in [0.25, 0.3) is 0 Å². The van der Waals surface area contributed by atoms with Gasteiger partial charge in [-0.3, -0.25) is 9.59 Å². The molecule has 0 spiro atoms. The second kappa shape index (κ2) is 35.5. The molecule has 0 N–H and O–H groups in total. The van der Waals surface area contributed by atoms with E-state index in [1.807, 2.05) is 141 Å². The highest BCUT2D eigenvalue weighted by Crippen LogP contribution is 2.38. The minimum absolute atomic E-state index is 0.0504. The van der Waals surface area contributed by atoms with Crippen molar-refractivity contribution in [3.8, 4) is 57.5 Å². The van der Waals surface area contributed by atoms with Gasteiger partial charge in [-0.05, 0) is 116 Å². The fourth-order valence-corrected chi connectivity index (χ4v) is 9.75. The lowest BCUT2D eigenvalue weighted by Crippen LogP contribution is -2.10. The Morgan fingerprint density at radius 1 is 0.382 bits per heavy atom. The third kappa shape index (κ3) is 19.4. The Morgan fingerprint density at radius 2 is 0.753 bits per heavy atom. The number of esters is 2. The zero-order chi connectivity index (χ0) is 63.3. The number of alkyl halides is 1. The van der Waals surface area contributed by atoms with E-state index in [1.165, 1.54) is 14.2 Å². The van der Waals surface area contributed by atoms with Gasteiger partial charge in [-0.15, -0.1) is 11.6 Å². The molecule has 0 aliphatic heterocycles. The Labute approximate surface area is 527 Å². The van der Waals surface area contributed by atoms with E-state index < -0.39 is 11.9 Å². The molecule has 0 saturated heterocycles. The minimum Gasteiger partial charge on any atom is -0.493 e. The van der Waals surface area contributed by atoms with Crippen LogP contribution in [0.15, 0.2) is 170 Å². The van der Waals surface area contributed by atoms with Gasteiger partial charge in [-0.2, -0.15) is 0 Å². The van der Waals surface area contributed by atoms with Crippen LogP contribution in [-0.2, 0) is 48.4 Å². The number of para-hydroxylation sites is 2. The van der Waals surface area contributed by atoms with Gasteiger partial charge < -0.3 is 47.4 Å². The van der Waals surface area contributed by atoms with E-state index in [0.29, 0.717) is 127 Å². The van der Waals surface area contributed by atoms with Gasteiger partial charge in [0.15, 0.2) is 11.6 Å². The zero-order valence-corrected chi connectivity index (χ0v) is 52.6. The van der Waals surface area contributed by atoms with Gasteiger partial charge in [-0.1, -0.05) is 138 Å². The number of Topliss-reactive ketones (excluding diaryl/α,β-unsaturated/α-hetero) is 2. The van der Waals surface area contributed by atoms with Crippen molar-refractivity contribution in [3.05, 3.63) is 225 Å². The molecule has 0 aliphatic carbocycles. The molecule has 15 heteroatoms. The number of rotatable bonds is 33. The van der Waals surface area contributed by atoms with Gasteiger partial charge in [-0.25, -0.2) is 9.59 Å². The first-order chi connectivity index (χ1) is 43.4. The second-order valence-electron chi connectivity index (χ2n) is 20.5. The Morgan fingerprint density at radius 3 is 1.15 bits per heavy atom. The number of halogens is 1. The standard InChI is InChI=1S/C37H39ClO7.C37H40O7/c1-4-13-28-32(18-11-19-33(28)45-34-17-10-9-16-29(34)37(40)41-3)42-20-12-21-43-35-23-36(44-25-26-14-7-6-8-15-26)30(31(39)24-38)22-27(35)5-2;1-5-14-29-32(19-12-20-33(29)44-34-18-11-10-17-30(34)37(39)40-4)41-21-13-22-42-35-24-36(31(26(3)38)23-28(35)6-2)43-25-27-15-8-7-9-16-27/h6-11,14-19,22-23H,4-5,12-13,20-21,24-25H2,1-3H3;7-12,15-20,23-24H,5-6,13-14,21-22,25H2,1-4H3. The van der Waals surface area contributed by atoms with Crippen LogP contribution in [0.3, 0.4) is 0 Å². The normalized spacial score (nSPS) is 10.7. The lowest BCUT2D eigenvalue weighted by atomic mass is 10.0. The van der Waals surface area contributed by atoms with Crippen molar-refractivity contribution in [2.24, 2.45) is 0 Å². The highest BCUT2D eigenvalue weighted by Gasteiger charge is 2.21. The molecule has 0 aromatic heterocycles. The summed E-state index contributed by atoms with van der Waals surface area (Å²) in [7, 11) is 2.70. The van der Waals surface area contributed by atoms with Crippen LogP contribution >= 0.6 is 11.6 Å². The van der Waals surface area contributed by atoms with E-state index in [4.69, 9.17) is 59.0 Å². The monoisotopic (exact) mass is 1230 g/mol. The molecule has 0 unspecified atom stereocenters. The van der Waals surface area contributed by atoms with Crippen molar-refractivity contribution in [1.82, 2.24) is 0 Å². The molecular formula is C74H79ClO14. The molecule has 0 heterocycles. The molecule has 0 bridgehead atoms. The van der Waals surface area contributed by atoms with Crippen LogP contribution in [0.4, 0.5) is 0 Å². The summed E-state index contributed by atoms with van der Waals surface area (Å²) in [6.45, 7) is 12.1. The topological polar surface area (TPSA) is 161 Å². The first kappa shape index (κ1) is 67.2. The Kier molecular flexibility index (Phi) is 26.8. The summed E-state index contributed by atoms with van der Waals surface area (Å²) in [5.41, 5.74) is 7.43. The largest absolute Gasteiger partial charge is 0.493 e. The van der Waals surface area contributed by atoms with E-state index in [9.17, 15) is 19.2 Å². The fraction of sp³-hybridized carbons (Fsp3) is 0.297. The number of methoxy groups -OCH3 is 2. The van der Waals surface area contributed by atoms with Crippen LogP contribution in [0.5, 0.6) is 57.5 Å². The third-order valence-electron chi connectivity index (χ3n) is 14.2. The van der Waals surface area contributed by atoms with E-state index >= 15 is 0 Å². The summed E-state index contributed by atoms with van der Waals surface area (Å²) in [6, 6.07) is 52.3. The molecule has 0 fully saturated rings. The fourth-order valence-electron chi connectivity index (χ4n) is 9.61. The van der Waals surface area contributed by atoms with Gasteiger partial charge in [0.1, 0.15) is 81.8 Å². The molecule has 0 saturated carbocycles. The van der Waals surface area contributed by atoms with Crippen molar-refractivity contribution in [3.63, 3.8) is 0 Å². The van der Waals surface area contributed by atoms with E-state index in [1.54, 1.807) is 49.4 Å². The minimum atomic E-state index is -0.462. The molecule has 14 nitrogen and oxygen atoms in total. The van der Waals surface area contributed by atoms with Crippen LogP contribution in [0, 0.1) is 0 Å². The number of carbonyl (C=O) groups excluding carboxylic acids is 4. The summed E-state index contributed by atoms with van der Waals surface area (Å²) in [6.07, 6.45) is 5.92. The SMILES string of the molecule is CCCc1c(OCCCOc2cc(OCc3ccccc3)c(C(=O)CCl)cc2CC)cccc1Oc1ccccc1C(=O)OC.CCCc1c(OCCCOc2cc(OCc3ccccc3)c(C(C)=O)cc2CC)cccc1Oc1ccccc1C(=O)OC. The van der Waals surface area contributed by atoms with Gasteiger partial charge in [0.05, 0.1) is 57.7 Å². The molecule has 0 aliphatic rings. The zero-order valence-electron chi connectivity index (χ0n) is 51.9. The summed E-state index contributed by atoms with van der Waals surface area (Å²) in [5, 5.41) is 0. The summed E-state index contributed by atoms with van der Waals surface area (Å²) >= 11 is 5.91. The maximum atomic E-state index is 12.6. The Bertz CT molecular complexity index is 3590. The predicted molar refractivity (Wildman–Crippen MR) is 346 cm³/mol. The molecule has 0 atom stereocenters. The highest BCUT2D eigenvalue weighted by atomic mass is 35.5. The van der Waals surface area contributed by atoms with Gasteiger partial charge in [0, 0.05) is 36.1 Å². The third-order valence-corrected chi connectivity index (χ3v) is 14.4. The first-order valence-corrected chi connectivity index (χ1v) is 30.7. The van der Waals surface area contributed by atoms with Crippen molar-refractivity contribution in [2.45, 2.75) is 99.2 Å². The summed E-state index contributed by atoms with van der Waals surface area (Å²) < 4.78 is 59.1. The number of ether oxygens (including phenoxy) is 10. The maximum Gasteiger partial charge on any atom is 0.341 e. The van der Waals surface area contributed by atoms with Crippen LogP contribution in [0.25, 0.3) is 0 Å². The van der Waals surface area contributed by atoms with Crippen LogP contribution in [0.2, 0.25) is 0 Å². The molecule has 8 rings (SSSR count). The molecule has 8 aromatic carbocycles. The predicted octanol–water partition coefficient (Wildman–Crippen LogP) is 17.0. The molecule has 8 aromatic rings. The van der Waals surface area contributed by atoms with Crippen molar-refractivity contribution in [2.75, 3.05) is 46.5 Å². The van der Waals surface area contributed by atoms with E-state index in [0.717, 1.165) is 77.0 Å². The number of benzene rings is 8. The Balaban J connectivity index is 0.000000254. The van der Waals surface area contributed by atoms with E-state index in [-0.39, 0.29) is 17.4 Å². The number of hydrogen-bond donors (Lipinski definition) is 0. The number of ketones is 2. The molecular weight excluding hydrogens is 1150 g/mol. The number of aryl methyl sites for hydroxylation is 2. The van der Waals surface area contributed by atoms with E-state index in [2.05, 4.69) is 13.8 Å². The number of carbonyl (C=O) groups is 4. The molecule has 0 amide bonds. The molecule has 466 valence electrons. The maximum absolute atomic E-state index is 12.6. The quantitative estimate of drug-likeness (QED) is 0.0165. The first-order valence-electron chi connectivity index (χ1n) is 30.2. The summed E-state index contributed by atoms with van der Waals surface area (Å²) in [4.78, 5) is 49.5.